The van der Waals surface area contributed by atoms with Crippen molar-refractivity contribution in [3.8, 4) is 0 Å². The Morgan fingerprint density at radius 2 is 1.75 bits per heavy atom. The third-order valence-electron chi connectivity index (χ3n) is 4.17. The van der Waals surface area contributed by atoms with E-state index in [2.05, 4.69) is 5.32 Å². The smallest absolute Gasteiger partial charge is 0.429 e. The van der Waals surface area contributed by atoms with Crippen LogP contribution in [0, 0.1) is 0 Å². The number of carbonyl (C=O) groups excluding carboxylic acids is 3. The lowest BCUT2D eigenvalue weighted by Gasteiger charge is -2.32. The van der Waals surface area contributed by atoms with Crippen molar-refractivity contribution in [2.24, 2.45) is 0 Å². The Bertz CT molecular complexity index is 700. The number of aliphatic hydroxyl groups excluding tert-OH is 1. The van der Waals surface area contributed by atoms with Crippen molar-refractivity contribution in [2.45, 2.75) is 58.3 Å². The van der Waals surface area contributed by atoms with Gasteiger partial charge in [0.1, 0.15) is 17.7 Å². The molecule has 1 fully saturated rings. The van der Waals surface area contributed by atoms with Gasteiger partial charge < -0.3 is 15.2 Å². The van der Waals surface area contributed by atoms with Crippen LogP contribution in [0.1, 0.15) is 39.7 Å². The molecule has 154 valence electrons. The molecule has 2 atom stereocenters. The van der Waals surface area contributed by atoms with Crippen LogP contribution in [0.2, 0.25) is 0 Å². The number of aliphatic hydroxyl groups is 1. The van der Waals surface area contributed by atoms with Crippen molar-refractivity contribution >= 4 is 17.9 Å². The molecule has 0 unspecified atom stereocenters. The van der Waals surface area contributed by atoms with Crippen LogP contribution in [-0.4, -0.2) is 63.9 Å². The molecule has 3 amide bonds. The first-order valence-electron chi connectivity index (χ1n) is 9.42. The maximum absolute atomic E-state index is 13.2. The molecule has 1 saturated heterocycles. The van der Waals surface area contributed by atoms with Gasteiger partial charge in [0.05, 0.1) is 0 Å². The van der Waals surface area contributed by atoms with E-state index in [4.69, 9.17) is 4.74 Å². The van der Waals surface area contributed by atoms with Crippen molar-refractivity contribution in [3.05, 3.63) is 35.9 Å². The largest absolute Gasteiger partial charge is 0.442 e. The summed E-state index contributed by atoms with van der Waals surface area (Å²) in [5.74, 6) is -1.06. The molecule has 2 rings (SSSR count). The number of amides is 3. The zero-order valence-electron chi connectivity index (χ0n) is 16.8. The average molecular weight is 391 g/mol. The summed E-state index contributed by atoms with van der Waals surface area (Å²) in [6.07, 6.45) is -0.977. The van der Waals surface area contributed by atoms with E-state index in [9.17, 15) is 19.5 Å². The SMILES string of the molecule is C[C@@H](O)C(=O)N[C@@H](Cc1ccccc1)C(=O)N1CCCN1C(=O)OC(C)(C)C. The quantitative estimate of drug-likeness (QED) is 0.792. The summed E-state index contributed by atoms with van der Waals surface area (Å²) < 4.78 is 5.39. The van der Waals surface area contributed by atoms with Gasteiger partial charge in [0.2, 0.25) is 5.91 Å². The number of rotatable bonds is 5. The second kappa shape index (κ2) is 9.05. The topological polar surface area (TPSA) is 99.2 Å². The highest BCUT2D eigenvalue weighted by molar-refractivity contribution is 5.90. The number of hydrazine groups is 1. The molecule has 0 aromatic heterocycles. The van der Waals surface area contributed by atoms with Crippen LogP contribution < -0.4 is 5.32 Å². The van der Waals surface area contributed by atoms with Gasteiger partial charge in [-0.15, -0.1) is 0 Å². The van der Waals surface area contributed by atoms with Crippen LogP contribution in [0.25, 0.3) is 0 Å². The standard InChI is InChI=1S/C20H29N3O5/c1-14(24)17(25)21-16(13-15-9-6-5-7-10-15)18(26)22-11-8-12-23(22)19(27)28-20(2,3)4/h5-7,9-10,14,16,24H,8,11-13H2,1-4H3,(H,21,25)/t14-,16+/m1/s1. The summed E-state index contributed by atoms with van der Waals surface area (Å²) in [5, 5.41) is 14.7. The van der Waals surface area contributed by atoms with E-state index in [0.717, 1.165) is 5.56 Å². The monoisotopic (exact) mass is 391 g/mol. The lowest BCUT2D eigenvalue weighted by Crippen LogP contribution is -2.56. The molecule has 0 radical (unpaired) electrons. The molecule has 0 saturated carbocycles. The molecule has 28 heavy (non-hydrogen) atoms. The van der Waals surface area contributed by atoms with Gasteiger partial charge in [-0.2, -0.15) is 0 Å². The fraction of sp³-hybridized carbons (Fsp3) is 0.550. The minimum absolute atomic E-state index is 0.247. The second-order valence-corrected chi connectivity index (χ2v) is 7.85. The van der Waals surface area contributed by atoms with Crippen molar-refractivity contribution in [2.75, 3.05) is 13.1 Å². The Labute approximate surface area is 165 Å². The van der Waals surface area contributed by atoms with Gasteiger partial charge in [-0.25, -0.2) is 14.8 Å². The lowest BCUT2D eigenvalue weighted by atomic mass is 10.0. The number of benzene rings is 1. The molecular formula is C20H29N3O5. The molecule has 1 aliphatic rings. The summed E-state index contributed by atoms with van der Waals surface area (Å²) in [6, 6.07) is 8.34. The Morgan fingerprint density at radius 1 is 1.14 bits per heavy atom. The molecule has 0 spiro atoms. The lowest BCUT2D eigenvalue weighted by molar-refractivity contribution is -0.147. The minimum Gasteiger partial charge on any atom is -0.442 e. The van der Waals surface area contributed by atoms with Crippen LogP contribution in [-0.2, 0) is 20.7 Å². The van der Waals surface area contributed by atoms with E-state index in [1.54, 1.807) is 20.8 Å². The first-order valence-corrected chi connectivity index (χ1v) is 9.42. The van der Waals surface area contributed by atoms with Crippen LogP contribution in [0.5, 0.6) is 0 Å². The first-order chi connectivity index (χ1) is 13.1. The molecular weight excluding hydrogens is 362 g/mol. The van der Waals surface area contributed by atoms with Crippen LogP contribution >= 0.6 is 0 Å². The van der Waals surface area contributed by atoms with Crippen molar-refractivity contribution in [1.29, 1.82) is 0 Å². The van der Waals surface area contributed by atoms with Crippen LogP contribution in [0.4, 0.5) is 4.79 Å². The van der Waals surface area contributed by atoms with E-state index < -0.39 is 35.7 Å². The molecule has 8 heteroatoms. The van der Waals surface area contributed by atoms with Gasteiger partial charge in [-0.3, -0.25) is 9.59 Å². The van der Waals surface area contributed by atoms with Gasteiger partial charge in [-0.1, -0.05) is 30.3 Å². The minimum atomic E-state index is -1.24. The molecule has 1 heterocycles. The predicted octanol–water partition coefficient (Wildman–Crippen LogP) is 1.48. The summed E-state index contributed by atoms with van der Waals surface area (Å²) in [4.78, 5) is 37.7. The van der Waals surface area contributed by atoms with E-state index in [0.29, 0.717) is 19.5 Å². The Balaban J connectivity index is 2.19. The molecule has 1 aromatic carbocycles. The van der Waals surface area contributed by atoms with E-state index in [1.165, 1.54) is 16.9 Å². The summed E-state index contributed by atoms with van der Waals surface area (Å²) >= 11 is 0. The molecule has 8 nitrogen and oxygen atoms in total. The first kappa shape index (κ1) is 21.7. The molecule has 2 N–H and O–H groups in total. The summed E-state index contributed by atoms with van der Waals surface area (Å²) in [6.45, 7) is 7.33. The van der Waals surface area contributed by atoms with Gasteiger partial charge in [-0.05, 0) is 39.7 Å². The predicted molar refractivity (Wildman–Crippen MR) is 103 cm³/mol. The van der Waals surface area contributed by atoms with Gasteiger partial charge in [0.15, 0.2) is 0 Å². The average Bonchev–Trinajstić information content (AvgIpc) is 3.09. The maximum atomic E-state index is 13.2. The van der Waals surface area contributed by atoms with E-state index in [-0.39, 0.29) is 6.42 Å². The van der Waals surface area contributed by atoms with Crippen molar-refractivity contribution in [1.82, 2.24) is 15.3 Å². The van der Waals surface area contributed by atoms with E-state index >= 15 is 0 Å². The summed E-state index contributed by atoms with van der Waals surface area (Å²) in [5.41, 5.74) is 0.174. The zero-order chi connectivity index (χ0) is 20.9. The highest BCUT2D eigenvalue weighted by atomic mass is 16.6. The Hall–Kier alpha value is -2.61. The third kappa shape index (κ3) is 5.95. The van der Waals surface area contributed by atoms with Gasteiger partial charge in [0.25, 0.3) is 5.91 Å². The van der Waals surface area contributed by atoms with E-state index in [1.807, 2.05) is 30.3 Å². The highest BCUT2D eigenvalue weighted by Gasteiger charge is 2.37. The molecule has 0 bridgehead atoms. The fourth-order valence-corrected chi connectivity index (χ4v) is 2.87. The maximum Gasteiger partial charge on any atom is 0.429 e. The van der Waals surface area contributed by atoms with Crippen molar-refractivity contribution < 1.29 is 24.2 Å². The Morgan fingerprint density at radius 3 is 2.32 bits per heavy atom. The highest BCUT2D eigenvalue weighted by Crippen LogP contribution is 2.18. The van der Waals surface area contributed by atoms with Gasteiger partial charge >= 0.3 is 6.09 Å². The number of hydrogen-bond donors (Lipinski definition) is 2. The Kier molecular flexibility index (Phi) is 7.01. The second-order valence-electron chi connectivity index (χ2n) is 7.85. The molecule has 0 aliphatic carbocycles. The van der Waals surface area contributed by atoms with Crippen LogP contribution in [0.15, 0.2) is 30.3 Å². The molecule has 1 aromatic rings. The van der Waals surface area contributed by atoms with Crippen molar-refractivity contribution in [3.63, 3.8) is 0 Å². The fourth-order valence-electron chi connectivity index (χ4n) is 2.87. The number of hydrogen-bond acceptors (Lipinski definition) is 5. The molecule has 1 aliphatic heterocycles. The number of nitrogens with one attached hydrogen (secondary N) is 1. The number of nitrogens with zero attached hydrogens (tertiary/aromatic N) is 2. The number of carbonyl (C=O) groups is 3. The number of ether oxygens (including phenoxy) is 1. The third-order valence-corrected chi connectivity index (χ3v) is 4.17. The normalized spacial score (nSPS) is 16.5. The summed E-state index contributed by atoms with van der Waals surface area (Å²) in [7, 11) is 0. The zero-order valence-corrected chi connectivity index (χ0v) is 16.8. The van der Waals surface area contributed by atoms with Crippen LogP contribution in [0.3, 0.4) is 0 Å². The van der Waals surface area contributed by atoms with Gasteiger partial charge in [0, 0.05) is 19.5 Å².